The van der Waals surface area contributed by atoms with Gasteiger partial charge in [-0.2, -0.15) is 0 Å². The van der Waals surface area contributed by atoms with Gasteiger partial charge in [0.2, 0.25) is 0 Å². The molecule has 2 amide bonds. The highest BCUT2D eigenvalue weighted by molar-refractivity contribution is 7.12. The third kappa shape index (κ3) is 4.26. The molecule has 0 aliphatic carbocycles. The molecule has 25 heavy (non-hydrogen) atoms. The molecule has 1 heterocycles. The number of anilines is 2. The number of halogens is 1. The molecule has 0 saturated carbocycles. The van der Waals surface area contributed by atoms with E-state index in [0.717, 1.165) is 5.56 Å². The average molecular weight is 371 g/mol. The number of thiophene rings is 1. The molecular formula is C19H15ClN2O2S. The fraction of sp³-hybridized carbons (Fsp3) is 0.0526. The molecule has 4 nitrogen and oxygen atoms in total. The smallest absolute Gasteiger partial charge is 0.265 e. The number of aryl methyl sites for hydroxylation is 1. The summed E-state index contributed by atoms with van der Waals surface area (Å²) in [4.78, 5) is 25.1. The van der Waals surface area contributed by atoms with E-state index in [2.05, 4.69) is 10.6 Å². The normalized spacial score (nSPS) is 10.3. The molecule has 0 radical (unpaired) electrons. The summed E-state index contributed by atoms with van der Waals surface area (Å²) >= 11 is 7.22. The molecule has 0 unspecified atom stereocenters. The van der Waals surface area contributed by atoms with Crippen LogP contribution in [0.1, 0.15) is 25.6 Å². The summed E-state index contributed by atoms with van der Waals surface area (Å²) in [6.07, 6.45) is 0. The van der Waals surface area contributed by atoms with E-state index >= 15 is 0 Å². The van der Waals surface area contributed by atoms with Crippen LogP contribution in [0.25, 0.3) is 0 Å². The number of hydrogen-bond donors (Lipinski definition) is 2. The maximum atomic E-state index is 12.4. The van der Waals surface area contributed by atoms with E-state index in [1.807, 2.05) is 24.4 Å². The van der Waals surface area contributed by atoms with Crippen molar-refractivity contribution in [3.05, 3.63) is 81.0 Å². The predicted octanol–water partition coefficient (Wildman–Crippen LogP) is 5.21. The Morgan fingerprint density at radius 2 is 1.72 bits per heavy atom. The molecule has 3 aromatic rings. The zero-order chi connectivity index (χ0) is 17.8. The number of nitrogens with one attached hydrogen (secondary N) is 2. The van der Waals surface area contributed by atoms with Gasteiger partial charge in [-0.25, -0.2) is 0 Å². The van der Waals surface area contributed by atoms with Gasteiger partial charge in [0.05, 0.1) is 4.88 Å². The Morgan fingerprint density at radius 1 is 0.960 bits per heavy atom. The quantitative estimate of drug-likeness (QED) is 0.661. The van der Waals surface area contributed by atoms with Gasteiger partial charge in [0, 0.05) is 22.0 Å². The molecule has 0 atom stereocenters. The van der Waals surface area contributed by atoms with Crippen molar-refractivity contribution in [3.8, 4) is 0 Å². The average Bonchev–Trinajstić information content (AvgIpc) is 3.13. The summed E-state index contributed by atoms with van der Waals surface area (Å²) < 4.78 is 0. The standard InChI is InChI=1S/C19H15ClN2O2S/c1-12-4-9-15(21-19(24)17-3-2-10-25-17)11-16(12)22-18(23)13-5-7-14(20)8-6-13/h2-11H,1H3,(H,21,24)(H,22,23). The van der Waals surface area contributed by atoms with Gasteiger partial charge in [-0.3, -0.25) is 9.59 Å². The molecule has 0 saturated heterocycles. The fourth-order valence-electron chi connectivity index (χ4n) is 2.23. The number of rotatable bonds is 4. The summed E-state index contributed by atoms with van der Waals surface area (Å²) in [5, 5.41) is 8.12. The zero-order valence-electron chi connectivity index (χ0n) is 13.4. The third-order valence-corrected chi connectivity index (χ3v) is 4.72. The highest BCUT2D eigenvalue weighted by Crippen LogP contribution is 2.22. The van der Waals surface area contributed by atoms with Crippen LogP contribution in [-0.2, 0) is 0 Å². The van der Waals surface area contributed by atoms with Crippen molar-refractivity contribution in [2.24, 2.45) is 0 Å². The predicted molar refractivity (Wildman–Crippen MR) is 103 cm³/mol. The van der Waals surface area contributed by atoms with Crippen LogP contribution in [-0.4, -0.2) is 11.8 Å². The van der Waals surface area contributed by atoms with Crippen LogP contribution in [0.3, 0.4) is 0 Å². The minimum absolute atomic E-state index is 0.172. The van der Waals surface area contributed by atoms with E-state index in [4.69, 9.17) is 11.6 Å². The first-order valence-electron chi connectivity index (χ1n) is 7.55. The van der Waals surface area contributed by atoms with E-state index < -0.39 is 0 Å². The van der Waals surface area contributed by atoms with E-state index in [-0.39, 0.29) is 11.8 Å². The highest BCUT2D eigenvalue weighted by atomic mass is 35.5. The lowest BCUT2D eigenvalue weighted by Crippen LogP contribution is -2.14. The maximum absolute atomic E-state index is 12.4. The number of carbonyl (C=O) groups is 2. The second-order valence-corrected chi connectivity index (χ2v) is 6.81. The van der Waals surface area contributed by atoms with Crippen LogP contribution in [0, 0.1) is 6.92 Å². The molecule has 0 aliphatic rings. The first-order valence-corrected chi connectivity index (χ1v) is 8.81. The molecule has 1 aromatic heterocycles. The van der Waals surface area contributed by atoms with Crippen LogP contribution in [0.4, 0.5) is 11.4 Å². The highest BCUT2D eigenvalue weighted by Gasteiger charge is 2.11. The molecule has 2 N–H and O–H groups in total. The van der Waals surface area contributed by atoms with Crippen molar-refractivity contribution in [2.45, 2.75) is 6.92 Å². The first kappa shape index (κ1) is 17.2. The molecule has 0 bridgehead atoms. The van der Waals surface area contributed by atoms with Crippen molar-refractivity contribution in [1.82, 2.24) is 0 Å². The van der Waals surface area contributed by atoms with Crippen molar-refractivity contribution in [2.75, 3.05) is 10.6 Å². The van der Waals surface area contributed by atoms with Crippen LogP contribution < -0.4 is 10.6 Å². The van der Waals surface area contributed by atoms with Gasteiger partial charge in [0.15, 0.2) is 0 Å². The molecular weight excluding hydrogens is 356 g/mol. The molecule has 0 aliphatic heterocycles. The molecule has 6 heteroatoms. The number of benzene rings is 2. The lowest BCUT2D eigenvalue weighted by Gasteiger charge is -2.11. The summed E-state index contributed by atoms with van der Waals surface area (Å²) in [5.41, 5.74) is 2.67. The Morgan fingerprint density at radius 3 is 2.40 bits per heavy atom. The second kappa shape index (κ2) is 7.51. The van der Waals surface area contributed by atoms with Crippen molar-refractivity contribution in [1.29, 1.82) is 0 Å². The van der Waals surface area contributed by atoms with Gasteiger partial charge in [-0.15, -0.1) is 11.3 Å². The van der Waals surface area contributed by atoms with Crippen molar-refractivity contribution >= 4 is 46.1 Å². The van der Waals surface area contributed by atoms with E-state index in [0.29, 0.717) is 26.8 Å². The molecule has 0 fully saturated rings. The Balaban J connectivity index is 1.76. The lowest BCUT2D eigenvalue weighted by atomic mass is 10.1. The molecule has 0 spiro atoms. The first-order chi connectivity index (χ1) is 12.0. The summed E-state index contributed by atoms with van der Waals surface area (Å²) in [7, 11) is 0. The van der Waals surface area contributed by atoms with Crippen LogP contribution in [0.5, 0.6) is 0 Å². The van der Waals surface area contributed by atoms with Gasteiger partial charge < -0.3 is 10.6 Å². The zero-order valence-corrected chi connectivity index (χ0v) is 14.9. The third-order valence-electron chi connectivity index (χ3n) is 3.60. The summed E-state index contributed by atoms with van der Waals surface area (Å²) in [6.45, 7) is 1.89. The van der Waals surface area contributed by atoms with Gasteiger partial charge in [-0.1, -0.05) is 23.7 Å². The monoisotopic (exact) mass is 370 g/mol. The largest absolute Gasteiger partial charge is 0.322 e. The van der Waals surface area contributed by atoms with E-state index in [1.165, 1.54) is 11.3 Å². The Kier molecular flexibility index (Phi) is 5.16. The Bertz CT molecular complexity index is 906. The lowest BCUT2D eigenvalue weighted by molar-refractivity contribution is 0.102. The van der Waals surface area contributed by atoms with Gasteiger partial charge >= 0.3 is 0 Å². The SMILES string of the molecule is Cc1ccc(NC(=O)c2cccs2)cc1NC(=O)c1ccc(Cl)cc1. The fourth-order valence-corrected chi connectivity index (χ4v) is 2.98. The molecule has 3 rings (SSSR count). The van der Waals surface area contributed by atoms with Crippen LogP contribution in [0.15, 0.2) is 60.0 Å². The van der Waals surface area contributed by atoms with E-state index in [1.54, 1.807) is 42.5 Å². The van der Waals surface area contributed by atoms with Gasteiger partial charge in [0.25, 0.3) is 11.8 Å². The Labute approximate surface area is 154 Å². The topological polar surface area (TPSA) is 58.2 Å². The van der Waals surface area contributed by atoms with E-state index in [9.17, 15) is 9.59 Å². The second-order valence-electron chi connectivity index (χ2n) is 5.42. The Hall–Kier alpha value is -2.63. The number of carbonyl (C=O) groups excluding carboxylic acids is 2. The summed E-state index contributed by atoms with van der Waals surface area (Å²) in [5.74, 6) is -0.407. The molecule has 126 valence electrons. The van der Waals surface area contributed by atoms with Crippen LogP contribution >= 0.6 is 22.9 Å². The van der Waals surface area contributed by atoms with Gasteiger partial charge in [0.1, 0.15) is 0 Å². The number of amides is 2. The summed E-state index contributed by atoms with van der Waals surface area (Å²) in [6, 6.07) is 15.6. The van der Waals surface area contributed by atoms with Crippen molar-refractivity contribution in [3.63, 3.8) is 0 Å². The minimum Gasteiger partial charge on any atom is -0.322 e. The molecule has 2 aromatic carbocycles. The maximum Gasteiger partial charge on any atom is 0.265 e. The number of hydrogen-bond acceptors (Lipinski definition) is 3. The van der Waals surface area contributed by atoms with Crippen LogP contribution in [0.2, 0.25) is 5.02 Å². The van der Waals surface area contributed by atoms with Crippen molar-refractivity contribution < 1.29 is 9.59 Å². The minimum atomic E-state index is -0.235. The van der Waals surface area contributed by atoms with Gasteiger partial charge in [-0.05, 0) is 60.3 Å².